The summed E-state index contributed by atoms with van der Waals surface area (Å²) in [5, 5.41) is 54.0. The minimum absolute atomic E-state index is 0.210. The lowest BCUT2D eigenvalue weighted by Crippen LogP contribution is -2.60. The molecule has 0 aromatic carbocycles. The first kappa shape index (κ1) is 53.1. The van der Waals surface area contributed by atoms with Gasteiger partial charge in [0.15, 0.2) is 6.29 Å². The maximum Gasteiger partial charge on any atom is 0.220 e. The van der Waals surface area contributed by atoms with Crippen molar-refractivity contribution in [2.24, 2.45) is 0 Å². The van der Waals surface area contributed by atoms with Crippen LogP contribution in [0.5, 0.6) is 0 Å². The third-order valence-corrected chi connectivity index (χ3v) is 9.89. The molecule has 1 aliphatic rings. The average molecular weight is 812 g/mol. The fourth-order valence-corrected chi connectivity index (χ4v) is 6.29. The molecule has 0 aliphatic carbocycles. The summed E-state index contributed by atoms with van der Waals surface area (Å²) in [7, 11) is 0. The average Bonchev–Trinajstić information content (AvgIpc) is 3.22. The number of aliphatic hydroxyl groups excluding tert-OH is 5. The van der Waals surface area contributed by atoms with E-state index in [9.17, 15) is 30.3 Å². The summed E-state index contributed by atoms with van der Waals surface area (Å²) in [5.41, 5.74) is 0. The molecule has 7 atom stereocenters. The van der Waals surface area contributed by atoms with Crippen molar-refractivity contribution in [2.75, 3.05) is 13.2 Å². The normalized spacial score (nSPS) is 21.8. The van der Waals surface area contributed by atoms with Gasteiger partial charge in [0.05, 0.1) is 25.4 Å². The van der Waals surface area contributed by atoms with Crippen LogP contribution in [0.2, 0.25) is 0 Å². The Labute approximate surface area is 352 Å². The Morgan fingerprint density at radius 3 is 1.66 bits per heavy atom. The number of unbranched alkanes of at least 4 members (excludes halogenated alkanes) is 11. The molecule has 7 unspecified atom stereocenters. The van der Waals surface area contributed by atoms with Crippen molar-refractivity contribution in [1.29, 1.82) is 0 Å². The van der Waals surface area contributed by atoms with E-state index in [2.05, 4.69) is 104 Å². The molecule has 0 saturated carbocycles. The number of rotatable bonds is 35. The van der Waals surface area contributed by atoms with Crippen molar-refractivity contribution < 1.29 is 39.8 Å². The van der Waals surface area contributed by atoms with Gasteiger partial charge < -0.3 is 40.3 Å². The molecular weight excluding hydrogens is 731 g/mol. The van der Waals surface area contributed by atoms with Gasteiger partial charge in [0.2, 0.25) is 5.91 Å². The number of ether oxygens (including phenoxy) is 2. The van der Waals surface area contributed by atoms with E-state index in [-0.39, 0.29) is 12.5 Å². The Balaban J connectivity index is 2.32. The van der Waals surface area contributed by atoms with Crippen molar-refractivity contribution in [2.45, 2.75) is 192 Å². The summed E-state index contributed by atoms with van der Waals surface area (Å²) in [6, 6.07) is -0.834. The Kier molecular flexibility index (Phi) is 35.1. The molecule has 58 heavy (non-hydrogen) atoms. The molecule has 330 valence electrons. The van der Waals surface area contributed by atoms with Crippen molar-refractivity contribution in [3.8, 4) is 0 Å². The minimum Gasteiger partial charge on any atom is -0.394 e. The monoisotopic (exact) mass is 812 g/mol. The summed E-state index contributed by atoms with van der Waals surface area (Å²) in [6.45, 7) is 3.56. The van der Waals surface area contributed by atoms with Gasteiger partial charge in [0.1, 0.15) is 24.4 Å². The summed E-state index contributed by atoms with van der Waals surface area (Å²) < 4.78 is 11.2. The SMILES string of the molecule is CC/C=C\C/C=C\C/C=C\C/C=C\C/C=C\C/C=C\CCCCCCCCC(=O)NC(COC1OC(CO)C(O)C(O)C1O)C(O)/C=C/CC/C=C/CCCCCC. The lowest BCUT2D eigenvalue weighted by Gasteiger charge is -2.40. The zero-order valence-electron chi connectivity index (χ0n) is 36.0. The number of hydrogen-bond acceptors (Lipinski definition) is 8. The highest BCUT2D eigenvalue weighted by Gasteiger charge is 2.44. The second-order valence-electron chi connectivity index (χ2n) is 15.1. The maximum absolute atomic E-state index is 12.9. The molecule has 1 saturated heterocycles. The molecule has 1 heterocycles. The van der Waals surface area contributed by atoms with Crippen LogP contribution in [0.4, 0.5) is 0 Å². The summed E-state index contributed by atoms with van der Waals surface area (Å²) in [5.74, 6) is -0.210. The van der Waals surface area contributed by atoms with Crippen LogP contribution in [0.1, 0.15) is 149 Å². The topological polar surface area (TPSA) is 149 Å². The highest BCUT2D eigenvalue weighted by molar-refractivity contribution is 5.76. The van der Waals surface area contributed by atoms with E-state index in [1.807, 2.05) is 6.08 Å². The number of carbonyl (C=O) groups is 1. The predicted molar refractivity (Wildman–Crippen MR) is 239 cm³/mol. The second kappa shape index (κ2) is 38.3. The lowest BCUT2D eigenvalue weighted by molar-refractivity contribution is -0.302. The quantitative estimate of drug-likeness (QED) is 0.0274. The highest BCUT2D eigenvalue weighted by Crippen LogP contribution is 2.22. The third kappa shape index (κ3) is 28.5. The molecule has 0 aromatic rings. The fraction of sp³-hybridized carbons (Fsp3) is 0.653. The standard InChI is InChI=1S/C49H81NO8/c1-3-5-7-9-11-13-15-16-17-18-19-20-21-22-23-24-25-26-27-28-29-31-33-35-37-39-45(53)50-42(41-57-49-48(56)47(55)46(54)44(40-51)58-49)43(52)38-36-34-32-30-14-12-10-8-6-4-2/h5,7,11,13-14,16-17,19-20,22-23,25-26,30,36,38,42-44,46-49,51-52,54-56H,3-4,6,8-10,12,15,18,21,24,27-29,31-35,37,39-41H2,1-2H3,(H,50,53)/b7-5-,13-11-,17-16-,20-19-,23-22-,26-25-,30-14+,38-36+. The van der Waals surface area contributed by atoms with Crippen LogP contribution < -0.4 is 5.32 Å². The van der Waals surface area contributed by atoms with Crippen LogP contribution in [0.25, 0.3) is 0 Å². The number of allylic oxidation sites excluding steroid dienone is 15. The predicted octanol–water partition coefficient (Wildman–Crippen LogP) is 9.33. The smallest absolute Gasteiger partial charge is 0.220 e. The van der Waals surface area contributed by atoms with Gasteiger partial charge in [-0.2, -0.15) is 0 Å². The number of amides is 1. The van der Waals surface area contributed by atoms with Crippen LogP contribution in [-0.2, 0) is 14.3 Å². The summed E-state index contributed by atoms with van der Waals surface area (Å²) in [4.78, 5) is 12.9. The largest absolute Gasteiger partial charge is 0.394 e. The molecule has 6 N–H and O–H groups in total. The maximum atomic E-state index is 12.9. The lowest BCUT2D eigenvalue weighted by atomic mass is 9.99. The van der Waals surface area contributed by atoms with Crippen LogP contribution >= 0.6 is 0 Å². The number of nitrogens with one attached hydrogen (secondary N) is 1. The van der Waals surface area contributed by atoms with Gasteiger partial charge in [-0.1, -0.05) is 156 Å². The van der Waals surface area contributed by atoms with E-state index in [0.29, 0.717) is 6.42 Å². The van der Waals surface area contributed by atoms with Gasteiger partial charge in [0.25, 0.3) is 0 Å². The molecule has 9 nitrogen and oxygen atoms in total. The van der Waals surface area contributed by atoms with Gasteiger partial charge >= 0.3 is 0 Å². The van der Waals surface area contributed by atoms with Crippen LogP contribution in [0, 0.1) is 0 Å². The first-order valence-electron chi connectivity index (χ1n) is 22.5. The van der Waals surface area contributed by atoms with Gasteiger partial charge in [-0.3, -0.25) is 4.79 Å². The number of aliphatic hydroxyl groups is 5. The highest BCUT2D eigenvalue weighted by atomic mass is 16.7. The van der Waals surface area contributed by atoms with E-state index < -0.39 is 49.5 Å². The summed E-state index contributed by atoms with van der Waals surface area (Å²) >= 11 is 0. The molecule has 0 bridgehead atoms. The van der Waals surface area contributed by atoms with Crippen molar-refractivity contribution in [3.05, 3.63) is 97.2 Å². The zero-order valence-corrected chi connectivity index (χ0v) is 36.0. The molecule has 9 heteroatoms. The van der Waals surface area contributed by atoms with E-state index in [1.54, 1.807) is 6.08 Å². The Morgan fingerprint density at radius 1 is 0.603 bits per heavy atom. The summed E-state index contributed by atoms with van der Waals surface area (Å²) in [6.07, 6.45) is 47.4. The van der Waals surface area contributed by atoms with E-state index in [4.69, 9.17) is 9.47 Å². The molecule has 1 aliphatic heterocycles. The van der Waals surface area contributed by atoms with Crippen molar-refractivity contribution in [1.82, 2.24) is 5.32 Å². The molecular formula is C49H81NO8. The van der Waals surface area contributed by atoms with Gasteiger partial charge in [-0.05, 0) is 83.5 Å². The van der Waals surface area contributed by atoms with Gasteiger partial charge in [-0.25, -0.2) is 0 Å². The second-order valence-corrected chi connectivity index (χ2v) is 15.1. The number of hydrogen-bond donors (Lipinski definition) is 6. The minimum atomic E-state index is -1.58. The number of carbonyl (C=O) groups excluding carboxylic acids is 1. The zero-order chi connectivity index (χ0) is 42.3. The Bertz CT molecular complexity index is 1220. The van der Waals surface area contributed by atoms with E-state index in [0.717, 1.165) is 103 Å². The molecule has 1 fully saturated rings. The van der Waals surface area contributed by atoms with E-state index in [1.165, 1.54) is 25.7 Å². The van der Waals surface area contributed by atoms with Crippen molar-refractivity contribution >= 4 is 5.91 Å². The fourth-order valence-electron chi connectivity index (χ4n) is 6.29. The van der Waals surface area contributed by atoms with Crippen LogP contribution in [-0.4, -0.2) is 87.5 Å². The Morgan fingerprint density at radius 2 is 1.09 bits per heavy atom. The molecule has 0 aromatic heterocycles. The molecule has 0 spiro atoms. The first-order valence-corrected chi connectivity index (χ1v) is 22.5. The van der Waals surface area contributed by atoms with E-state index >= 15 is 0 Å². The van der Waals surface area contributed by atoms with Gasteiger partial charge in [-0.15, -0.1) is 0 Å². The van der Waals surface area contributed by atoms with Crippen LogP contribution in [0.15, 0.2) is 97.2 Å². The third-order valence-electron chi connectivity index (χ3n) is 9.89. The van der Waals surface area contributed by atoms with Crippen LogP contribution in [0.3, 0.4) is 0 Å². The first-order chi connectivity index (χ1) is 28.3. The molecule has 0 radical (unpaired) electrons. The molecule has 1 amide bonds. The molecule has 1 rings (SSSR count). The van der Waals surface area contributed by atoms with Gasteiger partial charge in [0, 0.05) is 6.42 Å². The Hall–Kier alpha value is -2.89. The van der Waals surface area contributed by atoms with Crippen molar-refractivity contribution in [3.63, 3.8) is 0 Å².